The highest BCUT2D eigenvalue weighted by Gasteiger charge is 2.37. The average molecular weight is 157 g/mol. The second kappa shape index (κ2) is 4.17. The maximum atomic E-state index is 2.37. The Bertz CT molecular complexity index is 65.7. The van der Waals surface area contributed by atoms with E-state index in [9.17, 15) is 0 Å². The Morgan fingerprint density at radius 1 is 0.600 bits per heavy atom. The van der Waals surface area contributed by atoms with E-state index in [0.717, 1.165) is 16.6 Å². The molecular weight excluding hydrogens is 136 g/mol. The third kappa shape index (κ3) is 2.87. The summed E-state index contributed by atoms with van der Waals surface area (Å²) in [7, 11) is -0.0957. The summed E-state index contributed by atoms with van der Waals surface area (Å²) in [6, 6.07) is 0. The van der Waals surface area contributed by atoms with Crippen molar-refractivity contribution >= 4 is 8.80 Å². The van der Waals surface area contributed by atoms with Crippen molar-refractivity contribution in [3.8, 4) is 0 Å². The van der Waals surface area contributed by atoms with Crippen molar-refractivity contribution in [3.63, 3.8) is 0 Å². The fourth-order valence-electron chi connectivity index (χ4n) is 2.00. The van der Waals surface area contributed by atoms with E-state index in [1.54, 1.807) is 0 Å². The lowest BCUT2D eigenvalue weighted by atomic mass is 10.5. The first kappa shape index (κ1) is 10.2. The van der Waals surface area contributed by atoms with E-state index in [1.165, 1.54) is 0 Å². The Labute approximate surface area is 67.6 Å². The van der Waals surface area contributed by atoms with Crippen LogP contribution in [-0.4, -0.2) is 8.80 Å². The summed E-state index contributed by atoms with van der Waals surface area (Å²) in [5, 5.41) is 0. The quantitative estimate of drug-likeness (QED) is 0.548. The van der Waals surface area contributed by atoms with Crippen molar-refractivity contribution in [2.24, 2.45) is 0 Å². The lowest BCUT2D eigenvalue weighted by Crippen LogP contribution is -2.24. The molecule has 0 amide bonds. The zero-order valence-electron chi connectivity index (χ0n) is 8.23. The summed E-state index contributed by atoms with van der Waals surface area (Å²) in [6.45, 7) is 14.2. The standard InChI is InChI=1S/C9H21Si/c1-7(2)10(8(3)4)9(5)6/h7-9H,1-6H3/q+1. The van der Waals surface area contributed by atoms with E-state index in [2.05, 4.69) is 41.5 Å². The lowest BCUT2D eigenvalue weighted by Gasteiger charge is -2.12. The molecule has 0 aliphatic heterocycles. The van der Waals surface area contributed by atoms with Crippen LogP contribution < -0.4 is 0 Å². The number of rotatable bonds is 3. The molecule has 0 aliphatic rings. The molecule has 0 unspecified atom stereocenters. The first-order valence-corrected chi connectivity index (χ1v) is 6.06. The van der Waals surface area contributed by atoms with Crippen LogP contribution in [0.3, 0.4) is 0 Å². The van der Waals surface area contributed by atoms with Gasteiger partial charge in [-0.15, -0.1) is 0 Å². The molecule has 0 spiro atoms. The van der Waals surface area contributed by atoms with Crippen LogP contribution in [-0.2, 0) is 0 Å². The van der Waals surface area contributed by atoms with Gasteiger partial charge >= 0.3 is 8.80 Å². The summed E-state index contributed by atoms with van der Waals surface area (Å²) in [6.07, 6.45) is 0. The summed E-state index contributed by atoms with van der Waals surface area (Å²) >= 11 is 0. The van der Waals surface area contributed by atoms with Gasteiger partial charge in [-0.3, -0.25) is 0 Å². The third-order valence-electron chi connectivity index (χ3n) is 2.00. The minimum Gasteiger partial charge on any atom is -0.0346 e. The third-order valence-corrected chi connectivity index (χ3v) is 6.00. The smallest absolute Gasteiger partial charge is 0.0346 e. The molecule has 0 aromatic heterocycles. The molecule has 0 N–H and O–H groups in total. The molecule has 0 atom stereocenters. The van der Waals surface area contributed by atoms with Gasteiger partial charge in [0.05, 0.1) is 16.6 Å². The minimum absolute atomic E-state index is 0.0957. The molecule has 0 nitrogen and oxygen atoms in total. The van der Waals surface area contributed by atoms with Gasteiger partial charge < -0.3 is 0 Å². The van der Waals surface area contributed by atoms with Gasteiger partial charge in [-0.1, -0.05) is 0 Å². The van der Waals surface area contributed by atoms with E-state index in [1.807, 2.05) is 0 Å². The van der Waals surface area contributed by atoms with Crippen LogP contribution in [0.2, 0.25) is 16.6 Å². The van der Waals surface area contributed by atoms with Crippen molar-refractivity contribution in [2.45, 2.75) is 58.2 Å². The van der Waals surface area contributed by atoms with Gasteiger partial charge in [-0.25, -0.2) is 0 Å². The van der Waals surface area contributed by atoms with E-state index < -0.39 is 0 Å². The van der Waals surface area contributed by atoms with Gasteiger partial charge in [-0.2, -0.15) is 0 Å². The van der Waals surface area contributed by atoms with E-state index in [0.29, 0.717) is 0 Å². The monoisotopic (exact) mass is 157 g/mol. The summed E-state index contributed by atoms with van der Waals surface area (Å²) in [4.78, 5) is 0. The molecule has 0 saturated heterocycles. The van der Waals surface area contributed by atoms with Crippen molar-refractivity contribution < 1.29 is 0 Å². The molecule has 0 saturated carbocycles. The molecule has 0 rings (SSSR count). The summed E-state index contributed by atoms with van der Waals surface area (Å²) in [5.74, 6) is 0. The molecule has 1 heteroatoms. The van der Waals surface area contributed by atoms with Crippen molar-refractivity contribution in [3.05, 3.63) is 0 Å². The van der Waals surface area contributed by atoms with Gasteiger partial charge in [0.1, 0.15) is 0 Å². The molecule has 0 radical (unpaired) electrons. The van der Waals surface area contributed by atoms with Crippen LogP contribution >= 0.6 is 0 Å². The zero-order valence-corrected chi connectivity index (χ0v) is 9.23. The highest BCUT2D eigenvalue weighted by molar-refractivity contribution is 6.63. The maximum Gasteiger partial charge on any atom is 0.322 e. The SMILES string of the molecule is CC(C)[Si+](C(C)C)C(C)C. The van der Waals surface area contributed by atoms with Crippen molar-refractivity contribution in [1.82, 2.24) is 0 Å². The van der Waals surface area contributed by atoms with E-state index in [4.69, 9.17) is 0 Å². The molecular formula is C9H21Si+. The molecule has 0 bridgehead atoms. The predicted octanol–water partition coefficient (Wildman–Crippen LogP) is 3.71. The fourth-order valence-corrected chi connectivity index (χ4v) is 6.00. The van der Waals surface area contributed by atoms with Gasteiger partial charge in [-0.05, 0) is 41.5 Å². The fraction of sp³-hybridized carbons (Fsp3) is 1.00. The Morgan fingerprint density at radius 3 is 0.800 bits per heavy atom. The first-order valence-electron chi connectivity index (χ1n) is 4.33. The Kier molecular flexibility index (Phi) is 4.26. The van der Waals surface area contributed by atoms with E-state index >= 15 is 0 Å². The van der Waals surface area contributed by atoms with Crippen LogP contribution in [0.15, 0.2) is 0 Å². The molecule has 0 aliphatic carbocycles. The Morgan fingerprint density at radius 2 is 0.800 bits per heavy atom. The summed E-state index contributed by atoms with van der Waals surface area (Å²) < 4.78 is 0. The predicted molar refractivity (Wildman–Crippen MR) is 51.0 cm³/mol. The average Bonchev–Trinajstić information content (AvgIpc) is 1.59. The van der Waals surface area contributed by atoms with Crippen LogP contribution in [0.5, 0.6) is 0 Å². The molecule has 0 aromatic carbocycles. The van der Waals surface area contributed by atoms with Crippen LogP contribution in [0.25, 0.3) is 0 Å². The van der Waals surface area contributed by atoms with Crippen molar-refractivity contribution in [2.75, 3.05) is 0 Å². The van der Waals surface area contributed by atoms with Crippen LogP contribution in [0, 0.1) is 0 Å². The second-order valence-corrected chi connectivity index (χ2v) is 8.43. The summed E-state index contributed by atoms with van der Waals surface area (Å²) in [5.41, 5.74) is 2.81. The number of hydrogen-bond donors (Lipinski definition) is 0. The largest absolute Gasteiger partial charge is 0.322 e. The molecule has 10 heavy (non-hydrogen) atoms. The Balaban J connectivity index is 3.98. The molecule has 0 heterocycles. The first-order chi connectivity index (χ1) is 4.46. The highest BCUT2D eigenvalue weighted by atomic mass is 28.3. The lowest BCUT2D eigenvalue weighted by molar-refractivity contribution is 0.863. The maximum absolute atomic E-state index is 2.37. The van der Waals surface area contributed by atoms with Crippen molar-refractivity contribution in [1.29, 1.82) is 0 Å². The normalized spacial score (nSPS) is 11.7. The van der Waals surface area contributed by atoms with E-state index in [-0.39, 0.29) is 8.80 Å². The van der Waals surface area contributed by atoms with Crippen LogP contribution in [0.4, 0.5) is 0 Å². The molecule has 0 aromatic rings. The zero-order chi connectivity index (χ0) is 8.31. The number of hydrogen-bond acceptors (Lipinski definition) is 0. The molecule has 60 valence electrons. The van der Waals surface area contributed by atoms with Crippen LogP contribution in [0.1, 0.15) is 41.5 Å². The Hall–Kier alpha value is 0.217. The second-order valence-electron chi connectivity index (χ2n) is 3.96. The topological polar surface area (TPSA) is 0 Å². The minimum atomic E-state index is -0.0957. The van der Waals surface area contributed by atoms with Gasteiger partial charge in [0, 0.05) is 0 Å². The highest BCUT2D eigenvalue weighted by Crippen LogP contribution is 2.28. The molecule has 0 fully saturated rings. The van der Waals surface area contributed by atoms with Gasteiger partial charge in [0.25, 0.3) is 0 Å². The van der Waals surface area contributed by atoms with Gasteiger partial charge in [0.2, 0.25) is 0 Å². The van der Waals surface area contributed by atoms with Gasteiger partial charge in [0.15, 0.2) is 0 Å².